The molecule has 2 aromatic carbocycles. The Bertz CT molecular complexity index is 1040. The number of anilines is 1. The number of hydrogen-bond donors (Lipinski definition) is 2. The number of aromatic nitrogens is 1. The smallest absolute Gasteiger partial charge is 0.306 e. The van der Waals surface area contributed by atoms with Crippen LogP contribution in [0.1, 0.15) is 0 Å². The van der Waals surface area contributed by atoms with Crippen LogP contribution >= 0.6 is 0 Å². The summed E-state index contributed by atoms with van der Waals surface area (Å²) in [4.78, 5) is 39.5. The number of fused-ring (bicyclic) bond motifs is 1. The lowest BCUT2D eigenvalue weighted by atomic mass is 10.2. The molecule has 0 aliphatic heterocycles. The molecule has 0 bridgehead atoms. The molecule has 0 atom stereocenters. The molecular formula is C15H9FN4O3. The van der Waals surface area contributed by atoms with Gasteiger partial charge in [-0.1, -0.05) is 0 Å². The maximum atomic E-state index is 13.2. The van der Waals surface area contributed by atoms with Gasteiger partial charge in [-0.15, -0.1) is 0 Å². The summed E-state index contributed by atoms with van der Waals surface area (Å²) >= 11 is 0. The number of carbonyl (C=O) groups excluding carboxylic acids is 1. The zero-order chi connectivity index (χ0) is 16.4. The van der Waals surface area contributed by atoms with Crippen LogP contribution in [0.3, 0.4) is 0 Å². The number of nitrogens with one attached hydrogen (secondary N) is 2. The Hall–Kier alpha value is -3.42. The van der Waals surface area contributed by atoms with Crippen LogP contribution in [-0.2, 0) is 0 Å². The van der Waals surface area contributed by atoms with Crippen molar-refractivity contribution in [2.24, 2.45) is 5.10 Å². The molecule has 0 saturated carbocycles. The third-order valence-corrected chi connectivity index (χ3v) is 3.11. The Kier molecular flexibility index (Phi) is 3.63. The van der Waals surface area contributed by atoms with E-state index in [1.54, 1.807) is 12.1 Å². The Labute approximate surface area is 127 Å². The largest absolute Gasteiger partial charge is 0.339 e. The van der Waals surface area contributed by atoms with Gasteiger partial charge >= 0.3 is 6.03 Å². The standard InChI is InChI=1S/C15H9FN4O3/c16-8-1-2-10-11(7-8)14(22)12(13(10)21)19-20-15(23)18-9-3-5-17-6-4-9/h1-7H,(H2,17,18,20,23). The summed E-state index contributed by atoms with van der Waals surface area (Å²) < 4.78 is 13.2. The van der Waals surface area contributed by atoms with Gasteiger partial charge in [-0.25, -0.2) is 14.6 Å². The summed E-state index contributed by atoms with van der Waals surface area (Å²) in [5.74, 6) is -0.630. The molecule has 0 fully saturated rings. The first-order valence-electron chi connectivity index (χ1n) is 6.50. The van der Waals surface area contributed by atoms with E-state index in [1.165, 1.54) is 18.5 Å². The maximum Gasteiger partial charge on any atom is 0.339 e. The van der Waals surface area contributed by atoms with Crippen LogP contribution in [0.5, 0.6) is 0 Å². The van der Waals surface area contributed by atoms with Crippen molar-refractivity contribution in [1.82, 2.24) is 10.4 Å². The van der Waals surface area contributed by atoms with Crippen molar-refractivity contribution in [3.63, 3.8) is 0 Å². The van der Waals surface area contributed by atoms with Crippen LogP contribution in [0, 0.1) is 5.82 Å². The van der Waals surface area contributed by atoms with Crippen molar-refractivity contribution in [1.29, 1.82) is 0 Å². The van der Waals surface area contributed by atoms with Gasteiger partial charge in [0.2, 0.25) is 10.9 Å². The topological polar surface area (TPSA) is 101 Å². The molecule has 3 rings (SSSR count). The van der Waals surface area contributed by atoms with Crippen molar-refractivity contribution in [3.8, 4) is 0 Å². The highest BCUT2D eigenvalue weighted by molar-refractivity contribution is 5.89. The number of halogens is 1. The Morgan fingerprint density at radius 3 is 2.48 bits per heavy atom. The van der Waals surface area contributed by atoms with Gasteiger partial charge in [0, 0.05) is 28.9 Å². The lowest BCUT2D eigenvalue weighted by Gasteiger charge is -2.02. The van der Waals surface area contributed by atoms with E-state index < -0.39 is 28.1 Å². The van der Waals surface area contributed by atoms with Crippen molar-refractivity contribution in [2.75, 3.05) is 5.32 Å². The normalized spacial score (nSPS) is 11.6. The second-order valence-corrected chi connectivity index (χ2v) is 4.61. The van der Waals surface area contributed by atoms with Crippen molar-refractivity contribution < 1.29 is 9.18 Å². The van der Waals surface area contributed by atoms with E-state index in [4.69, 9.17) is 0 Å². The number of nitrogens with zero attached hydrogens (tertiary/aromatic N) is 2. The van der Waals surface area contributed by atoms with Crippen molar-refractivity contribution >= 4 is 22.5 Å². The van der Waals surface area contributed by atoms with E-state index in [1.807, 2.05) is 0 Å². The van der Waals surface area contributed by atoms with E-state index in [2.05, 4.69) is 20.8 Å². The molecule has 0 spiro atoms. The first-order valence-corrected chi connectivity index (χ1v) is 6.50. The van der Waals surface area contributed by atoms with E-state index >= 15 is 0 Å². The first kappa shape index (κ1) is 14.5. The number of hydrogen-bond acceptors (Lipinski definition) is 5. The molecule has 0 aliphatic carbocycles. The van der Waals surface area contributed by atoms with E-state index in [0.29, 0.717) is 5.69 Å². The quantitative estimate of drug-likeness (QED) is 0.677. The lowest BCUT2D eigenvalue weighted by Crippen LogP contribution is -2.36. The van der Waals surface area contributed by atoms with Crippen LogP contribution in [0.15, 0.2) is 57.4 Å². The summed E-state index contributed by atoms with van der Waals surface area (Å²) in [6.07, 6.45) is 2.97. The van der Waals surface area contributed by atoms with Gasteiger partial charge in [0.25, 0.3) is 0 Å². The molecule has 0 radical (unpaired) electrons. The SMILES string of the molecule is O=C(NN=c1c(=O)c2ccc(F)cc2c1=O)Nc1ccncc1. The molecule has 1 aromatic heterocycles. The average molecular weight is 312 g/mol. The minimum Gasteiger partial charge on any atom is -0.306 e. The number of amides is 2. The molecule has 2 amide bonds. The molecule has 7 nitrogen and oxygen atoms in total. The number of benzene rings is 1. The fourth-order valence-corrected chi connectivity index (χ4v) is 2.06. The molecule has 0 aliphatic rings. The molecule has 8 heteroatoms. The highest BCUT2D eigenvalue weighted by Gasteiger charge is 2.12. The van der Waals surface area contributed by atoms with Crippen LogP contribution in [-0.4, -0.2) is 11.0 Å². The minimum absolute atomic E-state index is 0.0616. The van der Waals surface area contributed by atoms with Gasteiger partial charge in [-0.3, -0.25) is 14.6 Å². The highest BCUT2D eigenvalue weighted by atomic mass is 19.1. The third-order valence-electron chi connectivity index (χ3n) is 3.11. The summed E-state index contributed by atoms with van der Waals surface area (Å²) in [5, 5.41) is 5.52. The number of urea groups is 1. The van der Waals surface area contributed by atoms with Gasteiger partial charge in [0.1, 0.15) is 5.82 Å². The lowest BCUT2D eigenvalue weighted by molar-refractivity contribution is 0.252. The second kappa shape index (κ2) is 5.76. The van der Waals surface area contributed by atoms with Gasteiger partial charge in [-0.2, -0.15) is 5.10 Å². The van der Waals surface area contributed by atoms with Gasteiger partial charge in [0.15, 0.2) is 5.36 Å². The second-order valence-electron chi connectivity index (χ2n) is 4.61. The predicted octanol–water partition coefficient (Wildman–Crippen LogP) is 0.607. The van der Waals surface area contributed by atoms with E-state index in [9.17, 15) is 18.8 Å². The average Bonchev–Trinajstić information content (AvgIpc) is 2.77. The van der Waals surface area contributed by atoms with Crippen LogP contribution < -0.4 is 27.0 Å². The number of carbonyl (C=O) groups is 1. The number of pyridine rings is 1. The molecule has 0 saturated heterocycles. The van der Waals surface area contributed by atoms with Gasteiger partial charge in [0.05, 0.1) is 0 Å². The molecular weight excluding hydrogens is 303 g/mol. The van der Waals surface area contributed by atoms with Gasteiger partial charge < -0.3 is 5.32 Å². The molecule has 23 heavy (non-hydrogen) atoms. The summed E-state index contributed by atoms with van der Waals surface area (Å²) in [6.45, 7) is 0. The molecule has 0 unspecified atom stereocenters. The van der Waals surface area contributed by atoms with Crippen LogP contribution in [0.25, 0.3) is 10.8 Å². The predicted molar refractivity (Wildman–Crippen MR) is 80.8 cm³/mol. The number of rotatable bonds is 2. The molecule has 3 aromatic rings. The first-order chi connectivity index (χ1) is 11.1. The summed E-state index contributed by atoms with van der Waals surface area (Å²) in [7, 11) is 0. The summed E-state index contributed by atoms with van der Waals surface area (Å²) in [6, 6.07) is 5.64. The monoisotopic (exact) mass is 312 g/mol. The Morgan fingerprint density at radius 2 is 1.74 bits per heavy atom. The van der Waals surface area contributed by atoms with E-state index in [0.717, 1.165) is 12.1 Å². The third kappa shape index (κ3) is 2.82. The van der Waals surface area contributed by atoms with Crippen molar-refractivity contribution in [2.45, 2.75) is 0 Å². The summed E-state index contributed by atoms with van der Waals surface area (Å²) in [5.41, 5.74) is 1.14. The fourth-order valence-electron chi connectivity index (χ4n) is 2.06. The highest BCUT2D eigenvalue weighted by Crippen LogP contribution is 2.06. The van der Waals surface area contributed by atoms with Crippen LogP contribution in [0.2, 0.25) is 0 Å². The Balaban J connectivity index is 1.91. The minimum atomic E-state index is -0.730. The van der Waals surface area contributed by atoms with E-state index in [-0.39, 0.29) is 10.8 Å². The zero-order valence-electron chi connectivity index (χ0n) is 11.5. The zero-order valence-corrected chi connectivity index (χ0v) is 11.5. The Morgan fingerprint density at radius 1 is 1.04 bits per heavy atom. The maximum absolute atomic E-state index is 13.2. The van der Waals surface area contributed by atoms with Crippen molar-refractivity contribution in [3.05, 3.63) is 74.3 Å². The molecule has 114 valence electrons. The fraction of sp³-hybridized carbons (Fsp3) is 0. The van der Waals surface area contributed by atoms with Gasteiger partial charge in [-0.05, 0) is 30.3 Å². The molecule has 1 heterocycles. The van der Waals surface area contributed by atoms with Crippen LogP contribution in [0.4, 0.5) is 14.9 Å². The molecule has 2 N–H and O–H groups in total.